The highest BCUT2D eigenvalue weighted by atomic mass is 16.6. The van der Waals surface area contributed by atoms with Crippen molar-refractivity contribution in [1.29, 1.82) is 0 Å². The van der Waals surface area contributed by atoms with Crippen molar-refractivity contribution in [1.82, 2.24) is 9.80 Å². The van der Waals surface area contributed by atoms with Crippen molar-refractivity contribution in [3.63, 3.8) is 0 Å². The van der Waals surface area contributed by atoms with E-state index < -0.39 is 22.7 Å². The molecule has 9 heteroatoms. The summed E-state index contributed by atoms with van der Waals surface area (Å²) >= 11 is 0. The number of amides is 1. The number of Topliss-reactive ketones (excluding diaryl/α,β-unsaturated/α-hetero) is 1. The first-order valence-corrected chi connectivity index (χ1v) is 11.3. The fourth-order valence-corrected chi connectivity index (χ4v) is 4.09. The number of non-ortho nitro benzene ring substituents is 1. The Balaban J connectivity index is 2.11. The number of carbonyl (C=O) groups excluding carboxylic acids is 2. The quantitative estimate of drug-likeness (QED) is 0.186. The summed E-state index contributed by atoms with van der Waals surface area (Å²) in [5.74, 6) is -1.28. The lowest BCUT2D eigenvalue weighted by Gasteiger charge is -2.28. The zero-order valence-electron chi connectivity index (χ0n) is 19.6. The van der Waals surface area contributed by atoms with Crippen LogP contribution in [0.15, 0.2) is 54.1 Å². The Bertz CT molecular complexity index is 1090. The van der Waals surface area contributed by atoms with Gasteiger partial charge >= 0.3 is 0 Å². The Morgan fingerprint density at radius 1 is 1.12 bits per heavy atom. The first-order valence-electron chi connectivity index (χ1n) is 11.3. The number of likely N-dealkylation sites (N-methyl/N-ethyl adjacent to an activating group) is 1. The zero-order valence-corrected chi connectivity index (χ0v) is 19.6. The lowest BCUT2D eigenvalue weighted by atomic mass is 9.95. The predicted octanol–water partition coefficient (Wildman–Crippen LogP) is 3.76. The van der Waals surface area contributed by atoms with E-state index >= 15 is 0 Å². The first-order chi connectivity index (χ1) is 16.3. The molecular formula is C25H29N3O6. The SMILES string of the molecule is CCOc1ccc(/C(O)=C2\C(=O)C(=O)N(CCN(CC)CC)[C@@H]2c2cccc([N+](=O)[O-])c2)cc1. The number of likely N-dealkylation sites (tertiary alicyclic amines) is 1. The van der Waals surface area contributed by atoms with Crippen LogP contribution >= 0.6 is 0 Å². The van der Waals surface area contributed by atoms with Crippen LogP contribution in [0.1, 0.15) is 37.9 Å². The van der Waals surface area contributed by atoms with Crippen LogP contribution in [0.3, 0.4) is 0 Å². The van der Waals surface area contributed by atoms with E-state index in [0.717, 1.165) is 13.1 Å². The highest BCUT2D eigenvalue weighted by Gasteiger charge is 2.46. The van der Waals surface area contributed by atoms with Gasteiger partial charge in [0, 0.05) is 30.8 Å². The molecule has 2 aromatic rings. The van der Waals surface area contributed by atoms with E-state index in [2.05, 4.69) is 4.90 Å². The number of benzene rings is 2. The van der Waals surface area contributed by atoms with Gasteiger partial charge in [-0.1, -0.05) is 26.0 Å². The number of hydrogen-bond acceptors (Lipinski definition) is 7. The molecule has 0 saturated carbocycles. The summed E-state index contributed by atoms with van der Waals surface area (Å²) in [6.07, 6.45) is 0. The van der Waals surface area contributed by atoms with Gasteiger partial charge in [0.05, 0.1) is 23.1 Å². The van der Waals surface area contributed by atoms with Gasteiger partial charge in [0.2, 0.25) is 0 Å². The molecule has 1 aliphatic rings. The normalized spacial score (nSPS) is 17.4. The lowest BCUT2D eigenvalue weighted by molar-refractivity contribution is -0.384. The number of aliphatic hydroxyl groups excluding tert-OH is 1. The molecule has 0 spiro atoms. The van der Waals surface area contributed by atoms with Crippen molar-refractivity contribution in [3.05, 3.63) is 75.3 Å². The number of carbonyl (C=O) groups is 2. The summed E-state index contributed by atoms with van der Waals surface area (Å²) in [5.41, 5.74) is 0.489. The van der Waals surface area contributed by atoms with Crippen molar-refractivity contribution in [3.8, 4) is 5.75 Å². The molecular weight excluding hydrogens is 438 g/mol. The second-order valence-electron chi connectivity index (χ2n) is 7.83. The van der Waals surface area contributed by atoms with E-state index in [1.165, 1.54) is 23.1 Å². The second kappa shape index (κ2) is 10.9. The Morgan fingerprint density at radius 3 is 2.38 bits per heavy atom. The van der Waals surface area contributed by atoms with Crippen LogP contribution in [-0.4, -0.2) is 64.3 Å². The molecule has 2 aromatic carbocycles. The van der Waals surface area contributed by atoms with Gasteiger partial charge in [-0.3, -0.25) is 19.7 Å². The zero-order chi connectivity index (χ0) is 24.8. The van der Waals surface area contributed by atoms with Crippen molar-refractivity contribution < 1.29 is 24.4 Å². The van der Waals surface area contributed by atoms with Crippen LogP contribution in [0.5, 0.6) is 5.75 Å². The van der Waals surface area contributed by atoms with Gasteiger partial charge in [-0.15, -0.1) is 0 Å². The first kappa shape index (κ1) is 24.9. The monoisotopic (exact) mass is 467 g/mol. The largest absolute Gasteiger partial charge is 0.507 e. The van der Waals surface area contributed by atoms with E-state index in [1.54, 1.807) is 30.3 Å². The number of rotatable bonds is 10. The van der Waals surface area contributed by atoms with Crippen LogP contribution in [0.2, 0.25) is 0 Å². The second-order valence-corrected chi connectivity index (χ2v) is 7.83. The van der Waals surface area contributed by atoms with Crippen LogP contribution in [0, 0.1) is 10.1 Å². The molecule has 3 rings (SSSR count). The third-order valence-corrected chi connectivity index (χ3v) is 5.93. The number of ether oxygens (including phenoxy) is 1. The van der Waals surface area contributed by atoms with Gasteiger partial charge < -0.3 is 19.6 Å². The Kier molecular flexibility index (Phi) is 8.01. The average Bonchev–Trinajstić information content (AvgIpc) is 3.10. The van der Waals surface area contributed by atoms with Crippen molar-refractivity contribution in [2.45, 2.75) is 26.8 Å². The molecule has 0 unspecified atom stereocenters. The van der Waals surface area contributed by atoms with Crippen molar-refractivity contribution in [2.75, 3.05) is 32.8 Å². The molecule has 1 N–H and O–H groups in total. The Hall–Kier alpha value is -3.72. The van der Waals surface area contributed by atoms with Gasteiger partial charge in [-0.05, 0) is 49.8 Å². The lowest BCUT2D eigenvalue weighted by Crippen LogP contribution is -2.38. The van der Waals surface area contributed by atoms with Crippen molar-refractivity contribution >= 4 is 23.1 Å². The standard InChI is InChI=1S/C25H29N3O6/c1-4-26(5-2)14-15-27-22(18-8-7-9-19(16-18)28(32)33)21(24(30)25(27)31)23(29)17-10-12-20(13-11-17)34-6-3/h7-13,16,22,29H,4-6,14-15H2,1-3H3/b23-21+/t22-/m1/s1. The molecule has 0 radical (unpaired) electrons. The summed E-state index contributed by atoms with van der Waals surface area (Å²) in [4.78, 5) is 40.5. The summed E-state index contributed by atoms with van der Waals surface area (Å²) in [6, 6.07) is 11.4. The average molecular weight is 468 g/mol. The molecule has 1 atom stereocenters. The predicted molar refractivity (Wildman–Crippen MR) is 128 cm³/mol. The number of nitro groups is 1. The third-order valence-electron chi connectivity index (χ3n) is 5.93. The fourth-order valence-electron chi connectivity index (χ4n) is 4.09. The van der Waals surface area contributed by atoms with E-state index in [9.17, 15) is 24.8 Å². The van der Waals surface area contributed by atoms with E-state index in [-0.39, 0.29) is 23.6 Å². The molecule has 0 aliphatic carbocycles. The van der Waals surface area contributed by atoms with Gasteiger partial charge in [0.25, 0.3) is 17.4 Å². The van der Waals surface area contributed by atoms with Crippen LogP contribution < -0.4 is 4.74 Å². The van der Waals surface area contributed by atoms with E-state index in [1.807, 2.05) is 20.8 Å². The minimum atomic E-state index is -0.943. The minimum Gasteiger partial charge on any atom is -0.507 e. The van der Waals surface area contributed by atoms with E-state index in [4.69, 9.17) is 4.74 Å². The molecule has 34 heavy (non-hydrogen) atoms. The topological polar surface area (TPSA) is 113 Å². The fraction of sp³-hybridized carbons (Fsp3) is 0.360. The van der Waals surface area contributed by atoms with Gasteiger partial charge in [-0.2, -0.15) is 0 Å². The summed E-state index contributed by atoms with van der Waals surface area (Å²) < 4.78 is 5.43. The molecule has 1 aliphatic heterocycles. The van der Waals surface area contributed by atoms with Gasteiger partial charge in [0.15, 0.2) is 0 Å². The molecule has 1 amide bonds. The Morgan fingerprint density at radius 2 is 1.79 bits per heavy atom. The molecule has 1 fully saturated rings. The highest BCUT2D eigenvalue weighted by molar-refractivity contribution is 6.46. The molecule has 0 bridgehead atoms. The molecule has 0 aromatic heterocycles. The van der Waals surface area contributed by atoms with Gasteiger partial charge in [0.1, 0.15) is 11.5 Å². The summed E-state index contributed by atoms with van der Waals surface area (Å²) in [6.45, 7) is 8.64. The maximum absolute atomic E-state index is 13.1. The van der Waals surface area contributed by atoms with Gasteiger partial charge in [-0.25, -0.2) is 0 Å². The molecule has 1 saturated heterocycles. The maximum atomic E-state index is 13.1. The highest BCUT2D eigenvalue weighted by Crippen LogP contribution is 2.40. The number of hydrogen-bond donors (Lipinski definition) is 1. The number of nitro benzene ring substituents is 1. The maximum Gasteiger partial charge on any atom is 0.295 e. The smallest absolute Gasteiger partial charge is 0.295 e. The number of ketones is 1. The van der Waals surface area contributed by atoms with Crippen LogP contribution in [-0.2, 0) is 9.59 Å². The minimum absolute atomic E-state index is 0.0887. The van der Waals surface area contributed by atoms with Crippen LogP contribution in [0.25, 0.3) is 5.76 Å². The summed E-state index contributed by atoms with van der Waals surface area (Å²) in [7, 11) is 0. The van der Waals surface area contributed by atoms with E-state index in [0.29, 0.717) is 30.0 Å². The van der Waals surface area contributed by atoms with Crippen molar-refractivity contribution in [2.24, 2.45) is 0 Å². The Labute approximate surface area is 198 Å². The number of nitrogens with zero attached hydrogens (tertiary/aromatic N) is 3. The summed E-state index contributed by atoms with van der Waals surface area (Å²) in [5, 5.41) is 22.5. The van der Waals surface area contributed by atoms with Crippen LogP contribution in [0.4, 0.5) is 5.69 Å². The third kappa shape index (κ3) is 5.09. The number of aliphatic hydroxyl groups is 1. The molecule has 1 heterocycles. The molecule has 9 nitrogen and oxygen atoms in total. The molecule has 180 valence electrons.